The van der Waals surface area contributed by atoms with Crippen molar-refractivity contribution in [2.75, 3.05) is 0 Å². The van der Waals surface area contributed by atoms with E-state index in [0.717, 1.165) is 35.8 Å². The van der Waals surface area contributed by atoms with E-state index in [4.69, 9.17) is 4.74 Å². The van der Waals surface area contributed by atoms with Gasteiger partial charge in [-0.1, -0.05) is 6.07 Å². The van der Waals surface area contributed by atoms with Gasteiger partial charge in [0.2, 0.25) is 5.91 Å². The van der Waals surface area contributed by atoms with Crippen LogP contribution >= 0.6 is 0 Å². The molecule has 0 aliphatic carbocycles. The zero-order valence-corrected chi connectivity index (χ0v) is 14.3. The molecule has 2 aromatic heterocycles. The Labute approximate surface area is 151 Å². The zero-order valence-electron chi connectivity index (χ0n) is 14.3. The van der Waals surface area contributed by atoms with Crippen molar-refractivity contribution in [3.05, 3.63) is 66.7 Å². The molecule has 1 aliphatic rings. The molecule has 0 bridgehead atoms. The molecule has 132 valence electrons. The second-order valence-electron chi connectivity index (χ2n) is 6.34. The monoisotopic (exact) mass is 348 g/mol. The third-order valence-corrected chi connectivity index (χ3v) is 4.44. The molecule has 1 atom stereocenters. The smallest absolute Gasteiger partial charge is 0.220 e. The first-order valence-electron chi connectivity index (χ1n) is 8.71. The van der Waals surface area contributed by atoms with Crippen LogP contribution in [-0.2, 0) is 17.9 Å². The Bertz CT molecular complexity index is 874. The first-order chi connectivity index (χ1) is 12.8. The number of pyridine rings is 1. The lowest BCUT2D eigenvalue weighted by Gasteiger charge is -2.14. The number of hydrogen-bond acceptors (Lipinski definition) is 4. The lowest BCUT2D eigenvalue weighted by atomic mass is 10.2. The minimum Gasteiger partial charge on any atom is -0.487 e. The average Bonchev–Trinajstić information content (AvgIpc) is 3.30. The fourth-order valence-electron chi connectivity index (χ4n) is 3.11. The van der Waals surface area contributed by atoms with Gasteiger partial charge < -0.3 is 14.6 Å². The van der Waals surface area contributed by atoms with Crippen LogP contribution in [0.3, 0.4) is 0 Å². The molecule has 1 fully saturated rings. The van der Waals surface area contributed by atoms with Crippen molar-refractivity contribution in [3.8, 4) is 17.1 Å². The number of carbonyl (C=O) groups is 1. The molecule has 4 rings (SSSR count). The summed E-state index contributed by atoms with van der Waals surface area (Å²) in [6, 6.07) is 13.8. The number of imidazole rings is 1. The number of ether oxygens (including phenoxy) is 1. The van der Waals surface area contributed by atoms with E-state index in [1.807, 2.05) is 48.7 Å². The summed E-state index contributed by atoms with van der Waals surface area (Å²) >= 11 is 0. The van der Waals surface area contributed by atoms with Crippen molar-refractivity contribution in [1.82, 2.24) is 19.9 Å². The molecule has 1 aliphatic heterocycles. The van der Waals surface area contributed by atoms with Crippen LogP contribution in [0.1, 0.15) is 18.5 Å². The van der Waals surface area contributed by atoms with Crippen LogP contribution < -0.4 is 10.1 Å². The van der Waals surface area contributed by atoms with Gasteiger partial charge in [-0.2, -0.15) is 0 Å². The molecule has 1 amide bonds. The number of nitrogens with zero attached hydrogens (tertiary/aromatic N) is 3. The number of carbonyl (C=O) groups excluding carboxylic acids is 1. The summed E-state index contributed by atoms with van der Waals surface area (Å²) < 4.78 is 7.86. The van der Waals surface area contributed by atoms with Crippen molar-refractivity contribution in [2.45, 2.75) is 32.0 Å². The highest BCUT2D eigenvalue weighted by Crippen LogP contribution is 2.22. The first-order valence-corrected chi connectivity index (χ1v) is 8.71. The normalized spacial score (nSPS) is 16.5. The van der Waals surface area contributed by atoms with E-state index < -0.39 is 0 Å². The fraction of sp³-hybridized carbons (Fsp3) is 0.250. The van der Waals surface area contributed by atoms with Crippen molar-refractivity contribution in [2.24, 2.45) is 0 Å². The predicted molar refractivity (Wildman–Crippen MR) is 97.4 cm³/mol. The molecule has 3 aromatic rings. The van der Waals surface area contributed by atoms with Gasteiger partial charge in [0.05, 0.1) is 5.69 Å². The molecule has 3 heterocycles. The molecular formula is C20H20N4O2. The van der Waals surface area contributed by atoms with Gasteiger partial charge in [0.25, 0.3) is 0 Å². The number of benzene rings is 1. The van der Waals surface area contributed by atoms with Gasteiger partial charge in [0, 0.05) is 43.2 Å². The quantitative estimate of drug-likeness (QED) is 0.744. The second-order valence-corrected chi connectivity index (χ2v) is 6.34. The maximum absolute atomic E-state index is 11.4. The maximum Gasteiger partial charge on any atom is 0.220 e. The summed E-state index contributed by atoms with van der Waals surface area (Å²) in [7, 11) is 0. The fourth-order valence-corrected chi connectivity index (χ4v) is 3.11. The molecule has 1 unspecified atom stereocenters. The third kappa shape index (κ3) is 3.74. The summed E-state index contributed by atoms with van der Waals surface area (Å²) in [5, 5.41) is 3.00. The lowest BCUT2D eigenvalue weighted by Crippen LogP contribution is -2.29. The van der Waals surface area contributed by atoms with Crippen molar-refractivity contribution in [3.63, 3.8) is 0 Å². The molecule has 0 saturated carbocycles. The van der Waals surface area contributed by atoms with Crippen LogP contribution in [0.25, 0.3) is 11.4 Å². The van der Waals surface area contributed by atoms with Crippen LogP contribution in [0.15, 0.2) is 61.1 Å². The van der Waals surface area contributed by atoms with Crippen molar-refractivity contribution < 1.29 is 9.53 Å². The third-order valence-electron chi connectivity index (χ3n) is 4.44. The van der Waals surface area contributed by atoms with E-state index in [2.05, 4.69) is 19.9 Å². The molecule has 0 radical (unpaired) electrons. The van der Waals surface area contributed by atoms with E-state index >= 15 is 0 Å². The van der Waals surface area contributed by atoms with Gasteiger partial charge in [0.1, 0.15) is 18.2 Å². The van der Waals surface area contributed by atoms with Gasteiger partial charge in [-0.05, 0) is 42.8 Å². The highest BCUT2D eigenvalue weighted by Gasteiger charge is 2.21. The van der Waals surface area contributed by atoms with E-state index in [0.29, 0.717) is 13.0 Å². The number of aromatic nitrogens is 3. The molecular weight excluding hydrogens is 328 g/mol. The van der Waals surface area contributed by atoms with Crippen LogP contribution in [0.4, 0.5) is 0 Å². The predicted octanol–water partition coefficient (Wildman–Crippen LogP) is 2.80. The SMILES string of the molecule is O=C1CCC(Cn2ccnc2-c2ccc(OCc3ccccn3)cc2)N1. The van der Waals surface area contributed by atoms with E-state index in [9.17, 15) is 4.79 Å². The first kappa shape index (κ1) is 16.3. The van der Waals surface area contributed by atoms with E-state index in [1.165, 1.54) is 0 Å². The molecule has 6 nitrogen and oxygen atoms in total. The Hall–Kier alpha value is -3.15. The minimum absolute atomic E-state index is 0.131. The Morgan fingerprint density at radius 2 is 2.00 bits per heavy atom. The van der Waals surface area contributed by atoms with Gasteiger partial charge in [-0.25, -0.2) is 4.98 Å². The van der Waals surface area contributed by atoms with E-state index in [1.54, 1.807) is 12.4 Å². The van der Waals surface area contributed by atoms with Gasteiger partial charge in [-0.3, -0.25) is 9.78 Å². The maximum atomic E-state index is 11.4. The zero-order chi connectivity index (χ0) is 17.8. The van der Waals surface area contributed by atoms with Gasteiger partial charge >= 0.3 is 0 Å². The largest absolute Gasteiger partial charge is 0.487 e. The Kier molecular flexibility index (Phi) is 4.64. The van der Waals surface area contributed by atoms with E-state index in [-0.39, 0.29) is 11.9 Å². The van der Waals surface area contributed by atoms with Crippen molar-refractivity contribution >= 4 is 5.91 Å². The van der Waals surface area contributed by atoms with Gasteiger partial charge in [-0.15, -0.1) is 0 Å². The number of amides is 1. The van der Waals surface area contributed by atoms with Crippen molar-refractivity contribution in [1.29, 1.82) is 0 Å². The van der Waals surface area contributed by atoms with Crippen LogP contribution in [0.2, 0.25) is 0 Å². The summed E-state index contributed by atoms with van der Waals surface area (Å²) in [5.74, 6) is 1.81. The summed E-state index contributed by atoms with van der Waals surface area (Å²) in [5.41, 5.74) is 1.91. The van der Waals surface area contributed by atoms with Crippen LogP contribution in [0, 0.1) is 0 Å². The van der Waals surface area contributed by atoms with Crippen LogP contribution in [0.5, 0.6) is 5.75 Å². The Balaban J connectivity index is 1.42. The molecule has 1 N–H and O–H groups in total. The van der Waals surface area contributed by atoms with Gasteiger partial charge in [0.15, 0.2) is 0 Å². The summed E-state index contributed by atoms with van der Waals surface area (Å²) in [4.78, 5) is 20.1. The molecule has 26 heavy (non-hydrogen) atoms. The Morgan fingerprint density at radius 1 is 1.12 bits per heavy atom. The number of nitrogens with one attached hydrogen (secondary N) is 1. The minimum atomic E-state index is 0.131. The highest BCUT2D eigenvalue weighted by molar-refractivity contribution is 5.78. The number of rotatable bonds is 6. The molecule has 6 heteroatoms. The summed E-state index contributed by atoms with van der Waals surface area (Å²) in [6.45, 7) is 1.18. The van der Waals surface area contributed by atoms with Crippen LogP contribution in [-0.4, -0.2) is 26.5 Å². The standard InChI is InChI=1S/C20H20N4O2/c25-19-9-6-16(23-19)13-24-12-11-22-20(24)15-4-7-18(8-5-15)26-14-17-3-1-2-10-21-17/h1-5,7-8,10-12,16H,6,9,13-14H2,(H,23,25). The summed E-state index contributed by atoms with van der Waals surface area (Å²) in [6.07, 6.45) is 6.98. The molecule has 0 spiro atoms. The number of hydrogen-bond donors (Lipinski definition) is 1. The Morgan fingerprint density at radius 3 is 2.73 bits per heavy atom. The average molecular weight is 348 g/mol. The molecule has 1 aromatic carbocycles. The highest BCUT2D eigenvalue weighted by atomic mass is 16.5. The lowest BCUT2D eigenvalue weighted by molar-refractivity contribution is -0.119. The topological polar surface area (TPSA) is 69.0 Å². The molecule has 1 saturated heterocycles. The second kappa shape index (κ2) is 7.39.